The van der Waals surface area contributed by atoms with Crippen molar-refractivity contribution in [1.29, 1.82) is 0 Å². The first-order valence-corrected chi connectivity index (χ1v) is 12.1. The van der Waals surface area contributed by atoms with E-state index in [1.807, 2.05) is 91.0 Å². The molecule has 1 fully saturated rings. The lowest BCUT2D eigenvalue weighted by atomic mass is 9.80. The lowest BCUT2D eigenvalue weighted by molar-refractivity contribution is -0.178. The first-order valence-electron chi connectivity index (χ1n) is 11.7. The average Bonchev–Trinajstić information content (AvgIpc) is 3.16. The Bertz CT molecular complexity index is 1330. The molecule has 5 nitrogen and oxygen atoms in total. The molecular weight excluding hydrogens is 472 g/mol. The smallest absolute Gasteiger partial charge is 0.353 e. The van der Waals surface area contributed by atoms with Gasteiger partial charge in [0.25, 0.3) is 5.91 Å². The first kappa shape index (κ1) is 23.8. The number of hydrogen-bond donors (Lipinski definition) is 1. The van der Waals surface area contributed by atoms with Gasteiger partial charge >= 0.3 is 5.97 Å². The summed E-state index contributed by atoms with van der Waals surface area (Å²) in [4.78, 5) is 33.3. The highest BCUT2D eigenvalue weighted by Crippen LogP contribution is 2.42. The summed E-state index contributed by atoms with van der Waals surface area (Å²) in [5, 5.41) is 5.30. The fourth-order valence-electron chi connectivity index (χ4n) is 4.70. The Kier molecular flexibility index (Phi) is 6.85. The number of benzene rings is 4. The van der Waals surface area contributed by atoms with Crippen molar-refractivity contribution in [2.24, 2.45) is 0 Å². The van der Waals surface area contributed by atoms with Crippen LogP contribution >= 0.6 is 11.6 Å². The monoisotopic (exact) mass is 496 g/mol. The Labute approximate surface area is 215 Å². The second-order valence-electron chi connectivity index (χ2n) is 8.85. The normalized spacial score (nSPS) is 19.6. The van der Waals surface area contributed by atoms with Crippen molar-refractivity contribution in [3.63, 3.8) is 0 Å². The summed E-state index contributed by atoms with van der Waals surface area (Å²) in [7, 11) is 0. The van der Waals surface area contributed by atoms with Crippen molar-refractivity contribution in [2.45, 2.75) is 24.5 Å². The van der Waals surface area contributed by atoms with Crippen LogP contribution in [0.2, 0.25) is 5.02 Å². The molecule has 5 rings (SSSR count). The summed E-state index contributed by atoms with van der Waals surface area (Å²) >= 11 is 6.03. The van der Waals surface area contributed by atoms with Gasteiger partial charge in [-0.15, -0.1) is 5.06 Å². The predicted molar refractivity (Wildman–Crippen MR) is 139 cm³/mol. The maximum atomic E-state index is 13.8. The van der Waals surface area contributed by atoms with Crippen LogP contribution in [0.1, 0.15) is 33.1 Å². The van der Waals surface area contributed by atoms with E-state index in [4.69, 9.17) is 16.4 Å². The highest BCUT2D eigenvalue weighted by atomic mass is 35.5. The molecule has 0 spiro atoms. The molecule has 0 aromatic heterocycles. The molecule has 1 aliphatic rings. The molecule has 0 bridgehead atoms. The van der Waals surface area contributed by atoms with E-state index in [2.05, 4.69) is 5.32 Å². The second kappa shape index (κ2) is 10.4. The molecule has 4 aromatic rings. The number of halogens is 1. The third kappa shape index (κ3) is 4.89. The standard InChI is InChI=1S/C30H25ClN2O3/c31-26-18-16-25(17-19-26)28(34)32-30(20-22-10-4-1-5-11-22)27(24-14-8-3-9-15-24)33(36-29(30)35)21-23-12-6-2-7-13-23/h1-19,27H,20-21H2,(H,32,34)/t27-,30-/m0/s1. The van der Waals surface area contributed by atoms with E-state index >= 15 is 0 Å². The lowest BCUT2D eigenvalue weighted by Gasteiger charge is -2.34. The van der Waals surface area contributed by atoms with Crippen molar-refractivity contribution in [1.82, 2.24) is 10.4 Å². The molecule has 1 amide bonds. The van der Waals surface area contributed by atoms with Crippen LogP contribution in [0.15, 0.2) is 115 Å². The van der Waals surface area contributed by atoms with Crippen LogP contribution in [0.5, 0.6) is 0 Å². The Balaban J connectivity index is 1.60. The summed E-state index contributed by atoms with van der Waals surface area (Å²) in [6.45, 7) is 0.375. The molecule has 0 radical (unpaired) electrons. The largest absolute Gasteiger partial charge is 0.365 e. The SMILES string of the molecule is O=C(N[C@]1(Cc2ccccc2)C(=O)ON(Cc2ccccc2)[C@H]1c1ccccc1)c1ccc(Cl)cc1. The quantitative estimate of drug-likeness (QED) is 0.353. The minimum absolute atomic E-state index is 0.261. The van der Waals surface area contributed by atoms with Gasteiger partial charge < -0.3 is 10.2 Å². The summed E-state index contributed by atoms with van der Waals surface area (Å²) in [6, 6.07) is 35.2. The minimum Gasteiger partial charge on any atom is -0.365 e. The molecule has 0 unspecified atom stereocenters. The average molecular weight is 497 g/mol. The van der Waals surface area contributed by atoms with Gasteiger partial charge in [0.15, 0.2) is 5.54 Å². The molecule has 0 saturated carbocycles. The minimum atomic E-state index is -1.37. The van der Waals surface area contributed by atoms with Gasteiger partial charge in [-0.2, -0.15) is 0 Å². The Morgan fingerprint density at radius 1 is 0.806 bits per heavy atom. The molecule has 36 heavy (non-hydrogen) atoms. The number of rotatable bonds is 7. The van der Waals surface area contributed by atoms with E-state index in [1.165, 1.54) is 0 Å². The Hall–Kier alpha value is -3.93. The number of hydrogen-bond acceptors (Lipinski definition) is 4. The van der Waals surface area contributed by atoms with Gasteiger partial charge in [0.2, 0.25) is 0 Å². The second-order valence-corrected chi connectivity index (χ2v) is 9.28. The molecular formula is C30H25ClN2O3. The Morgan fingerprint density at radius 3 is 1.97 bits per heavy atom. The van der Waals surface area contributed by atoms with Gasteiger partial charge in [-0.05, 0) is 41.0 Å². The van der Waals surface area contributed by atoms with Crippen molar-refractivity contribution in [3.8, 4) is 0 Å². The van der Waals surface area contributed by atoms with Crippen LogP contribution in [0.25, 0.3) is 0 Å². The van der Waals surface area contributed by atoms with E-state index < -0.39 is 17.6 Å². The Morgan fingerprint density at radius 2 is 1.36 bits per heavy atom. The molecule has 1 saturated heterocycles. The first-order chi connectivity index (χ1) is 17.5. The van der Waals surface area contributed by atoms with Crippen LogP contribution in [-0.2, 0) is 22.6 Å². The van der Waals surface area contributed by atoms with Gasteiger partial charge in [-0.25, -0.2) is 4.79 Å². The van der Waals surface area contributed by atoms with Gasteiger partial charge in [0, 0.05) is 17.0 Å². The lowest BCUT2D eigenvalue weighted by Crippen LogP contribution is -2.57. The number of nitrogens with one attached hydrogen (secondary N) is 1. The van der Waals surface area contributed by atoms with Gasteiger partial charge in [0.1, 0.15) is 6.04 Å². The fraction of sp³-hybridized carbons (Fsp3) is 0.133. The topological polar surface area (TPSA) is 58.6 Å². The number of nitrogens with zero attached hydrogens (tertiary/aromatic N) is 1. The zero-order valence-corrected chi connectivity index (χ0v) is 20.3. The predicted octanol–water partition coefficient (Wildman–Crippen LogP) is 5.77. The van der Waals surface area contributed by atoms with E-state index in [9.17, 15) is 9.59 Å². The number of carbonyl (C=O) groups excluding carboxylic acids is 2. The third-order valence-electron chi connectivity index (χ3n) is 6.38. The van der Waals surface area contributed by atoms with Gasteiger partial charge in [-0.3, -0.25) is 4.79 Å². The van der Waals surface area contributed by atoms with Crippen molar-refractivity contribution in [2.75, 3.05) is 0 Å². The highest BCUT2D eigenvalue weighted by molar-refractivity contribution is 6.30. The van der Waals surface area contributed by atoms with Crippen LogP contribution < -0.4 is 5.32 Å². The molecule has 1 N–H and O–H groups in total. The zero-order valence-electron chi connectivity index (χ0n) is 19.5. The van der Waals surface area contributed by atoms with Crippen molar-refractivity contribution >= 4 is 23.5 Å². The molecule has 1 aliphatic heterocycles. The number of hydroxylamine groups is 2. The highest BCUT2D eigenvalue weighted by Gasteiger charge is 2.58. The zero-order chi connectivity index (χ0) is 25.0. The summed E-state index contributed by atoms with van der Waals surface area (Å²) < 4.78 is 0. The summed E-state index contributed by atoms with van der Waals surface area (Å²) in [6.07, 6.45) is 0.261. The summed E-state index contributed by atoms with van der Waals surface area (Å²) in [5.74, 6) is -0.875. The molecule has 1 heterocycles. The van der Waals surface area contributed by atoms with Crippen LogP contribution in [0.4, 0.5) is 0 Å². The van der Waals surface area contributed by atoms with Crippen LogP contribution in [0, 0.1) is 0 Å². The van der Waals surface area contributed by atoms with E-state index in [0.29, 0.717) is 17.1 Å². The molecule has 180 valence electrons. The van der Waals surface area contributed by atoms with E-state index in [1.54, 1.807) is 29.3 Å². The maximum absolute atomic E-state index is 13.8. The molecule has 2 atom stereocenters. The molecule has 0 aliphatic carbocycles. The maximum Gasteiger partial charge on any atom is 0.353 e. The van der Waals surface area contributed by atoms with Crippen molar-refractivity contribution < 1.29 is 14.4 Å². The van der Waals surface area contributed by atoms with Crippen LogP contribution in [-0.4, -0.2) is 22.5 Å². The third-order valence-corrected chi connectivity index (χ3v) is 6.64. The number of carbonyl (C=O) groups is 2. The van der Waals surface area contributed by atoms with Crippen LogP contribution in [0.3, 0.4) is 0 Å². The van der Waals surface area contributed by atoms with Gasteiger partial charge in [-0.1, -0.05) is 103 Å². The molecule has 6 heteroatoms. The van der Waals surface area contributed by atoms with Crippen molar-refractivity contribution in [3.05, 3.63) is 143 Å². The molecule has 4 aromatic carbocycles. The number of amides is 1. The van der Waals surface area contributed by atoms with E-state index in [-0.39, 0.29) is 12.3 Å². The summed E-state index contributed by atoms with van der Waals surface area (Å²) in [5.41, 5.74) is 1.81. The fourth-order valence-corrected chi connectivity index (χ4v) is 4.82. The van der Waals surface area contributed by atoms with E-state index in [0.717, 1.165) is 16.7 Å². The van der Waals surface area contributed by atoms with Gasteiger partial charge in [0.05, 0.1) is 6.54 Å².